The zero-order valence-electron chi connectivity index (χ0n) is 13.9. The Morgan fingerprint density at radius 2 is 1.88 bits per heavy atom. The molecule has 1 amide bonds. The lowest BCUT2D eigenvalue weighted by atomic mass is 10.1. The van der Waals surface area contributed by atoms with E-state index in [1.807, 2.05) is 31.2 Å². The lowest BCUT2D eigenvalue weighted by Gasteiger charge is -2.16. The van der Waals surface area contributed by atoms with Crippen molar-refractivity contribution in [1.82, 2.24) is 10.1 Å². The average Bonchev–Trinajstić information content (AvgIpc) is 3.21. The van der Waals surface area contributed by atoms with Crippen LogP contribution in [-0.4, -0.2) is 22.6 Å². The van der Waals surface area contributed by atoms with Gasteiger partial charge in [0.15, 0.2) is 0 Å². The highest BCUT2D eigenvalue weighted by Gasteiger charge is 2.35. The number of carbonyl (C=O) groups excluding carboxylic acids is 1. The van der Waals surface area contributed by atoms with E-state index in [1.54, 1.807) is 0 Å². The van der Waals surface area contributed by atoms with Crippen molar-refractivity contribution < 1.29 is 18.1 Å². The summed E-state index contributed by atoms with van der Waals surface area (Å²) in [5.41, 5.74) is 2.06. The van der Waals surface area contributed by atoms with Gasteiger partial charge in [-0.3, -0.25) is 4.79 Å². The van der Waals surface area contributed by atoms with E-state index < -0.39 is 11.6 Å². The van der Waals surface area contributed by atoms with Gasteiger partial charge < -0.3 is 9.42 Å². The molecule has 1 saturated heterocycles. The lowest BCUT2D eigenvalue weighted by Crippen LogP contribution is -2.24. The van der Waals surface area contributed by atoms with Gasteiger partial charge in [-0.25, -0.2) is 8.78 Å². The molecule has 0 radical (unpaired) electrons. The quantitative estimate of drug-likeness (QED) is 0.716. The van der Waals surface area contributed by atoms with E-state index in [0.717, 1.165) is 29.3 Å². The maximum absolute atomic E-state index is 13.4. The Hall–Kier alpha value is -3.09. The third-order valence-electron chi connectivity index (χ3n) is 4.46. The Balaban J connectivity index is 1.59. The van der Waals surface area contributed by atoms with Crippen molar-refractivity contribution in [3.63, 3.8) is 0 Å². The normalized spacial score (nSPS) is 17.1. The van der Waals surface area contributed by atoms with Gasteiger partial charge in [-0.1, -0.05) is 29.4 Å². The van der Waals surface area contributed by atoms with E-state index in [0.29, 0.717) is 11.7 Å². The first-order valence-electron chi connectivity index (χ1n) is 8.17. The fourth-order valence-electron chi connectivity index (χ4n) is 3.15. The zero-order chi connectivity index (χ0) is 18.3. The number of nitrogens with zero attached hydrogens (tertiary/aromatic N) is 3. The molecule has 7 heteroatoms. The van der Waals surface area contributed by atoms with Gasteiger partial charge in [-0.2, -0.15) is 4.98 Å². The molecule has 1 atom stereocenters. The van der Waals surface area contributed by atoms with Crippen LogP contribution in [-0.2, 0) is 4.79 Å². The summed E-state index contributed by atoms with van der Waals surface area (Å²) in [7, 11) is 0. The van der Waals surface area contributed by atoms with Gasteiger partial charge in [0.05, 0.1) is 5.92 Å². The minimum atomic E-state index is -0.726. The third kappa shape index (κ3) is 2.96. The van der Waals surface area contributed by atoms with Crippen LogP contribution >= 0.6 is 0 Å². The number of aryl methyl sites for hydroxylation is 1. The van der Waals surface area contributed by atoms with Crippen molar-refractivity contribution in [2.24, 2.45) is 0 Å². The molecule has 26 heavy (non-hydrogen) atoms. The molecule has 2 aromatic carbocycles. The monoisotopic (exact) mass is 355 g/mol. The smallest absolute Gasteiger partial charge is 0.232 e. The molecule has 2 heterocycles. The van der Waals surface area contributed by atoms with Gasteiger partial charge in [0.2, 0.25) is 17.6 Å². The van der Waals surface area contributed by atoms with Crippen molar-refractivity contribution in [1.29, 1.82) is 0 Å². The first kappa shape index (κ1) is 16.4. The molecule has 1 unspecified atom stereocenters. The summed E-state index contributed by atoms with van der Waals surface area (Å²) < 4.78 is 32.2. The summed E-state index contributed by atoms with van der Waals surface area (Å²) in [5.74, 6) is -1.21. The minimum absolute atomic E-state index is 0.146. The fourth-order valence-corrected chi connectivity index (χ4v) is 3.15. The summed E-state index contributed by atoms with van der Waals surface area (Å²) in [5, 5.41) is 4.01. The Labute approximate surface area is 148 Å². The Morgan fingerprint density at radius 3 is 2.62 bits per heavy atom. The standard InChI is InChI=1S/C19H15F2N3O2/c1-11-4-2-3-5-16(11)18-22-19(26-23-18)12-6-17(25)24(10-12)15-8-13(20)7-14(21)9-15/h2-5,7-9,12H,6,10H2,1H3. The van der Waals surface area contributed by atoms with E-state index in [2.05, 4.69) is 10.1 Å². The fraction of sp³-hybridized carbons (Fsp3) is 0.211. The number of carbonyl (C=O) groups is 1. The Bertz CT molecular complexity index is 966. The van der Waals surface area contributed by atoms with Crippen molar-refractivity contribution >= 4 is 11.6 Å². The summed E-state index contributed by atoms with van der Waals surface area (Å²) in [6.07, 6.45) is 0.146. The predicted molar refractivity (Wildman–Crippen MR) is 90.5 cm³/mol. The number of aromatic nitrogens is 2. The van der Waals surface area contributed by atoms with Gasteiger partial charge in [-0.05, 0) is 24.6 Å². The van der Waals surface area contributed by atoms with Crippen LogP contribution in [0, 0.1) is 18.6 Å². The second-order valence-corrected chi connectivity index (χ2v) is 6.30. The maximum Gasteiger partial charge on any atom is 0.232 e. The number of amides is 1. The van der Waals surface area contributed by atoms with Crippen LogP contribution in [0.5, 0.6) is 0 Å². The van der Waals surface area contributed by atoms with Gasteiger partial charge in [0, 0.05) is 30.3 Å². The number of rotatable bonds is 3. The van der Waals surface area contributed by atoms with Crippen LogP contribution in [0.25, 0.3) is 11.4 Å². The molecule has 5 nitrogen and oxygen atoms in total. The van der Waals surface area contributed by atoms with Crippen LogP contribution < -0.4 is 4.90 Å². The van der Waals surface area contributed by atoms with Gasteiger partial charge in [0.1, 0.15) is 11.6 Å². The molecule has 1 fully saturated rings. The second-order valence-electron chi connectivity index (χ2n) is 6.30. The maximum atomic E-state index is 13.4. The molecule has 0 N–H and O–H groups in total. The molecule has 0 aliphatic carbocycles. The number of hydrogen-bond acceptors (Lipinski definition) is 4. The van der Waals surface area contributed by atoms with E-state index >= 15 is 0 Å². The van der Waals surface area contributed by atoms with Crippen molar-refractivity contribution in [2.45, 2.75) is 19.3 Å². The van der Waals surface area contributed by atoms with Crippen molar-refractivity contribution in [3.05, 3.63) is 65.6 Å². The van der Waals surface area contributed by atoms with Crippen LogP contribution in [0.2, 0.25) is 0 Å². The summed E-state index contributed by atoms with van der Waals surface area (Å²) >= 11 is 0. The van der Waals surface area contributed by atoms with E-state index in [4.69, 9.17) is 4.52 Å². The van der Waals surface area contributed by atoms with Crippen molar-refractivity contribution in [2.75, 3.05) is 11.4 Å². The predicted octanol–water partition coefficient (Wildman–Crippen LogP) is 3.84. The summed E-state index contributed by atoms with van der Waals surface area (Å²) in [4.78, 5) is 18.1. The molecule has 1 aliphatic rings. The van der Waals surface area contributed by atoms with Gasteiger partial charge in [-0.15, -0.1) is 0 Å². The molecular weight excluding hydrogens is 340 g/mol. The van der Waals surface area contributed by atoms with Crippen molar-refractivity contribution in [3.8, 4) is 11.4 Å². The first-order chi connectivity index (χ1) is 12.5. The Morgan fingerprint density at radius 1 is 1.15 bits per heavy atom. The molecule has 0 bridgehead atoms. The van der Waals surface area contributed by atoms with E-state index in [-0.39, 0.29) is 30.5 Å². The minimum Gasteiger partial charge on any atom is -0.339 e. The zero-order valence-corrected chi connectivity index (χ0v) is 13.9. The largest absolute Gasteiger partial charge is 0.339 e. The van der Waals surface area contributed by atoms with Gasteiger partial charge >= 0.3 is 0 Å². The second kappa shape index (κ2) is 6.33. The van der Waals surface area contributed by atoms with E-state index in [1.165, 1.54) is 4.90 Å². The summed E-state index contributed by atoms with van der Waals surface area (Å²) in [6, 6.07) is 10.7. The molecular formula is C19H15F2N3O2. The molecule has 1 aliphatic heterocycles. The number of hydrogen-bond donors (Lipinski definition) is 0. The van der Waals surface area contributed by atoms with Crippen LogP contribution in [0.15, 0.2) is 47.0 Å². The lowest BCUT2D eigenvalue weighted by molar-refractivity contribution is -0.117. The topological polar surface area (TPSA) is 59.2 Å². The van der Waals surface area contributed by atoms with Crippen LogP contribution in [0.4, 0.5) is 14.5 Å². The molecule has 132 valence electrons. The molecule has 0 saturated carbocycles. The first-order valence-corrected chi connectivity index (χ1v) is 8.17. The average molecular weight is 355 g/mol. The molecule has 4 rings (SSSR count). The van der Waals surface area contributed by atoms with Crippen LogP contribution in [0.3, 0.4) is 0 Å². The number of anilines is 1. The highest BCUT2D eigenvalue weighted by Crippen LogP contribution is 2.32. The molecule has 3 aromatic rings. The van der Waals surface area contributed by atoms with Gasteiger partial charge in [0.25, 0.3) is 0 Å². The molecule has 1 aromatic heterocycles. The third-order valence-corrected chi connectivity index (χ3v) is 4.46. The number of benzene rings is 2. The molecule has 0 spiro atoms. The summed E-state index contributed by atoms with van der Waals surface area (Å²) in [6.45, 7) is 2.18. The van der Waals surface area contributed by atoms with Crippen LogP contribution in [0.1, 0.15) is 23.8 Å². The highest BCUT2D eigenvalue weighted by atomic mass is 19.1. The SMILES string of the molecule is Cc1ccccc1-c1noc(C2CC(=O)N(c3cc(F)cc(F)c3)C2)n1. The highest BCUT2D eigenvalue weighted by molar-refractivity contribution is 5.96. The number of halogens is 2. The van der Waals surface area contributed by atoms with E-state index in [9.17, 15) is 13.6 Å². The Kier molecular flexibility index (Phi) is 3.99.